The van der Waals surface area contributed by atoms with E-state index in [0.29, 0.717) is 24.6 Å². The zero-order chi connectivity index (χ0) is 16.8. The molecule has 0 saturated carbocycles. The summed E-state index contributed by atoms with van der Waals surface area (Å²) in [7, 11) is 0. The van der Waals surface area contributed by atoms with Gasteiger partial charge in [-0.15, -0.1) is 0 Å². The lowest BCUT2D eigenvalue weighted by atomic mass is 10.1. The van der Waals surface area contributed by atoms with E-state index in [4.69, 9.17) is 4.42 Å². The first kappa shape index (κ1) is 15.9. The third-order valence-electron chi connectivity index (χ3n) is 3.56. The predicted molar refractivity (Wildman–Crippen MR) is 88.8 cm³/mol. The smallest absolute Gasteiger partial charge is 0.226 e. The lowest BCUT2D eigenvalue weighted by Gasteiger charge is -2.04. The van der Waals surface area contributed by atoms with Crippen molar-refractivity contribution in [3.8, 4) is 11.5 Å². The summed E-state index contributed by atoms with van der Waals surface area (Å²) in [5.74, 6) is 0.123. The Kier molecular flexibility index (Phi) is 5.01. The second-order valence-corrected chi connectivity index (χ2v) is 5.41. The number of oxazole rings is 1. The summed E-state index contributed by atoms with van der Waals surface area (Å²) in [4.78, 5) is 16.3. The average Bonchev–Trinajstić information content (AvgIpc) is 3.06. The molecular weight excluding hydrogens is 307 g/mol. The van der Waals surface area contributed by atoms with Crippen LogP contribution in [0.5, 0.6) is 0 Å². The molecule has 3 rings (SSSR count). The molecule has 122 valence electrons. The van der Waals surface area contributed by atoms with Gasteiger partial charge in [0.2, 0.25) is 11.8 Å². The molecule has 0 unspecified atom stereocenters. The van der Waals surface area contributed by atoms with Gasteiger partial charge in [-0.3, -0.25) is 4.79 Å². The van der Waals surface area contributed by atoms with E-state index in [0.717, 1.165) is 11.1 Å². The Morgan fingerprint density at radius 1 is 1.08 bits per heavy atom. The van der Waals surface area contributed by atoms with Crippen LogP contribution in [0.3, 0.4) is 0 Å². The van der Waals surface area contributed by atoms with E-state index in [1.54, 1.807) is 12.1 Å². The standard InChI is InChI=1S/C19H17FN2O2/c20-16-8-6-14(7-9-16)10-11-21-18(23)12-17-13-24-19(22-17)15-4-2-1-3-5-15/h1-9,13H,10-12H2,(H,21,23). The maximum Gasteiger partial charge on any atom is 0.226 e. The van der Waals surface area contributed by atoms with Gasteiger partial charge in [0, 0.05) is 12.1 Å². The van der Waals surface area contributed by atoms with Crippen LogP contribution < -0.4 is 5.32 Å². The number of hydrogen-bond donors (Lipinski definition) is 1. The Bertz CT molecular complexity index is 798. The second kappa shape index (κ2) is 7.55. The van der Waals surface area contributed by atoms with Crippen molar-refractivity contribution in [2.75, 3.05) is 6.54 Å². The molecule has 24 heavy (non-hydrogen) atoms. The topological polar surface area (TPSA) is 55.1 Å². The monoisotopic (exact) mass is 324 g/mol. The lowest BCUT2D eigenvalue weighted by Crippen LogP contribution is -2.27. The molecule has 0 atom stereocenters. The van der Waals surface area contributed by atoms with Crippen LogP contribution in [0.2, 0.25) is 0 Å². The second-order valence-electron chi connectivity index (χ2n) is 5.41. The first-order valence-corrected chi connectivity index (χ1v) is 7.72. The van der Waals surface area contributed by atoms with Crippen molar-refractivity contribution >= 4 is 5.91 Å². The van der Waals surface area contributed by atoms with E-state index >= 15 is 0 Å². The van der Waals surface area contributed by atoms with Crippen LogP contribution in [0.25, 0.3) is 11.5 Å². The normalized spacial score (nSPS) is 10.5. The van der Waals surface area contributed by atoms with Crippen LogP contribution in [0.15, 0.2) is 65.3 Å². The van der Waals surface area contributed by atoms with Gasteiger partial charge in [-0.1, -0.05) is 30.3 Å². The number of nitrogens with zero attached hydrogens (tertiary/aromatic N) is 1. The quantitative estimate of drug-likeness (QED) is 0.756. The molecule has 0 radical (unpaired) electrons. The largest absolute Gasteiger partial charge is 0.444 e. The summed E-state index contributed by atoms with van der Waals surface area (Å²) in [6.07, 6.45) is 2.32. The number of carbonyl (C=O) groups is 1. The van der Waals surface area contributed by atoms with Crippen LogP contribution in [-0.2, 0) is 17.6 Å². The Morgan fingerprint density at radius 2 is 1.83 bits per heavy atom. The van der Waals surface area contributed by atoms with Gasteiger partial charge in [-0.05, 0) is 36.2 Å². The SMILES string of the molecule is O=C(Cc1coc(-c2ccccc2)n1)NCCc1ccc(F)cc1. The van der Waals surface area contributed by atoms with Crippen molar-refractivity contribution < 1.29 is 13.6 Å². The number of hydrogen-bond acceptors (Lipinski definition) is 3. The Hall–Kier alpha value is -2.95. The van der Waals surface area contributed by atoms with Gasteiger partial charge in [0.25, 0.3) is 0 Å². The van der Waals surface area contributed by atoms with Crippen LogP contribution in [0.4, 0.5) is 4.39 Å². The molecule has 0 aliphatic rings. The number of amides is 1. The van der Waals surface area contributed by atoms with Crippen molar-refractivity contribution in [3.05, 3.63) is 77.9 Å². The fourth-order valence-corrected chi connectivity index (χ4v) is 2.33. The molecule has 1 heterocycles. The van der Waals surface area contributed by atoms with E-state index in [-0.39, 0.29) is 18.1 Å². The summed E-state index contributed by atoms with van der Waals surface area (Å²) in [6.45, 7) is 0.494. The zero-order valence-electron chi connectivity index (χ0n) is 13.0. The first-order chi connectivity index (χ1) is 11.7. The van der Waals surface area contributed by atoms with E-state index in [1.165, 1.54) is 18.4 Å². The van der Waals surface area contributed by atoms with Crippen LogP contribution in [-0.4, -0.2) is 17.4 Å². The summed E-state index contributed by atoms with van der Waals surface area (Å²) in [5, 5.41) is 2.83. The summed E-state index contributed by atoms with van der Waals surface area (Å²) < 4.78 is 18.2. The van der Waals surface area contributed by atoms with Gasteiger partial charge in [0.15, 0.2) is 0 Å². The Morgan fingerprint density at radius 3 is 2.58 bits per heavy atom. The number of rotatable bonds is 6. The fourth-order valence-electron chi connectivity index (χ4n) is 2.33. The summed E-state index contributed by atoms with van der Waals surface area (Å²) in [5.41, 5.74) is 2.44. The molecule has 3 aromatic rings. The van der Waals surface area contributed by atoms with Gasteiger partial charge in [-0.2, -0.15) is 0 Å². The number of halogens is 1. The van der Waals surface area contributed by atoms with E-state index in [9.17, 15) is 9.18 Å². The Labute approximate surface area is 139 Å². The minimum Gasteiger partial charge on any atom is -0.444 e. The van der Waals surface area contributed by atoms with Crippen LogP contribution in [0, 0.1) is 5.82 Å². The zero-order valence-corrected chi connectivity index (χ0v) is 13.0. The highest BCUT2D eigenvalue weighted by Crippen LogP contribution is 2.18. The molecule has 0 aliphatic carbocycles. The third-order valence-corrected chi connectivity index (χ3v) is 3.56. The first-order valence-electron chi connectivity index (χ1n) is 7.72. The predicted octanol–water partition coefficient (Wildman–Crippen LogP) is 3.38. The summed E-state index contributed by atoms with van der Waals surface area (Å²) >= 11 is 0. The van der Waals surface area contributed by atoms with Crippen molar-refractivity contribution in [3.63, 3.8) is 0 Å². The van der Waals surface area contributed by atoms with Gasteiger partial charge in [0.1, 0.15) is 12.1 Å². The maximum atomic E-state index is 12.8. The average molecular weight is 324 g/mol. The van der Waals surface area contributed by atoms with Gasteiger partial charge < -0.3 is 9.73 Å². The van der Waals surface area contributed by atoms with Gasteiger partial charge >= 0.3 is 0 Å². The van der Waals surface area contributed by atoms with E-state index < -0.39 is 0 Å². The van der Waals surface area contributed by atoms with Crippen molar-refractivity contribution in [1.29, 1.82) is 0 Å². The molecule has 1 aromatic heterocycles. The molecule has 0 fully saturated rings. The third kappa shape index (κ3) is 4.29. The molecule has 0 aliphatic heterocycles. The molecule has 2 aromatic carbocycles. The number of aromatic nitrogens is 1. The molecular formula is C19H17FN2O2. The highest BCUT2D eigenvalue weighted by Gasteiger charge is 2.10. The van der Waals surface area contributed by atoms with Crippen molar-refractivity contribution in [1.82, 2.24) is 10.3 Å². The number of nitrogens with one attached hydrogen (secondary N) is 1. The van der Waals surface area contributed by atoms with Gasteiger partial charge in [0.05, 0.1) is 12.1 Å². The lowest BCUT2D eigenvalue weighted by molar-refractivity contribution is -0.120. The molecule has 0 spiro atoms. The maximum absolute atomic E-state index is 12.8. The minimum absolute atomic E-state index is 0.120. The van der Waals surface area contributed by atoms with Crippen LogP contribution in [0.1, 0.15) is 11.3 Å². The van der Waals surface area contributed by atoms with Crippen molar-refractivity contribution in [2.45, 2.75) is 12.8 Å². The minimum atomic E-state index is -0.261. The highest BCUT2D eigenvalue weighted by atomic mass is 19.1. The molecule has 1 amide bonds. The molecule has 4 nitrogen and oxygen atoms in total. The highest BCUT2D eigenvalue weighted by molar-refractivity contribution is 5.78. The summed E-state index contributed by atoms with van der Waals surface area (Å²) in [6, 6.07) is 15.8. The molecule has 1 N–H and O–H groups in total. The molecule has 0 bridgehead atoms. The van der Waals surface area contributed by atoms with Crippen molar-refractivity contribution in [2.24, 2.45) is 0 Å². The Balaban J connectivity index is 1.48. The van der Waals surface area contributed by atoms with Crippen LogP contribution >= 0.6 is 0 Å². The molecule has 5 heteroatoms. The van der Waals surface area contributed by atoms with E-state index in [2.05, 4.69) is 10.3 Å². The van der Waals surface area contributed by atoms with E-state index in [1.807, 2.05) is 30.3 Å². The number of carbonyl (C=O) groups excluding carboxylic acids is 1. The number of benzene rings is 2. The fraction of sp³-hybridized carbons (Fsp3) is 0.158. The molecule has 0 saturated heterocycles. The van der Waals surface area contributed by atoms with Gasteiger partial charge in [-0.25, -0.2) is 9.37 Å².